The predicted molar refractivity (Wildman–Crippen MR) is 95.0 cm³/mol. The molecule has 0 aliphatic rings. The van der Waals surface area contributed by atoms with E-state index in [9.17, 15) is 31.2 Å². The predicted octanol–water partition coefficient (Wildman–Crippen LogP) is 3.38. The van der Waals surface area contributed by atoms with Gasteiger partial charge in [0.05, 0.1) is 5.52 Å². The third-order valence-electron chi connectivity index (χ3n) is 3.39. The molecular weight excluding hydrogens is 427 g/mol. The van der Waals surface area contributed by atoms with Crippen LogP contribution in [0.25, 0.3) is 10.9 Å². The van der Waals surface area contributed by atoms with Crippen LogP contribution in [-0.4, -0.2) is 30.1 Å². The molecule has 7 nitrogen and oxygen atoms in total. The molecule has 154 valence electrons. The highest BCUT2D eigenvalue weighted by molar-refractivity contribution is 7.88. The van der Waals surface area contributed by atoms with Crippen LogP contribution in [0, 0.1) is 0 Å². The Kier molecular flexibility index (Phi) is 5.47. The van der Waals surface area contributed by atoms with Gasteiger partial charge in [0, 0.05) is 17.5 Å². The standard InChI is InChI=1S/C16H15ClF3NO6S/c1-15(2,3)26-14(23)11-12(27-28(24,25)16(18,19)20)9-7-8(17)5-6-10(9)21(4)13(11)22/h5-7H,1-4H3. The van der Waals surface area contributed by atoms with Crippen molar-refractivity contribution >= 4 is 38.6 Å². The van der Waals surface area contributed by atoms with E-state index < -0.39 is 44.1 Å². The summed E-state index contributed by atoms with van der Waals surface area (Å²) < 4.78 is 71.9. The minimum Gasteiger partial charge on any atom is -0.456 e. The monoisotopic (exact) mass is 441 g/mol. The Morgan fingerprint density at radius 1 is 1.18 bits per heavy atom. The Morgan fingerprint density at radius 3 is 2.25 bits per heavy atom. The Hall–Kier alpha value is -2.27. The number of ether oxygens (including phenoxy) is 1. The maximum Gasteiger partial charge on any atom is 0.534 e. The molecule has 0 atom stereocenters. The van der Waals surface area contributed by atoms with Gasteiger partial charge in [0.2, 0.25) is 0 Å². The molecule has 1 aromatic heterocycles. The number of aromatic nitrogens is 1. The maximum absolute atomic E-state index is 12.8. The third kappa shape index (κ3) is 4.25. The second-order valence-electron chi connectivity index (χ2n) is 6.71. The molecule has 0 N–H and O–H groups in total. The first-order valence-electron chi connectivity index (χ1n) is 7.61. The number of carbonyl (C=O) groups is 1. The van der Waals surface area contributed by atoms with Crippen molar-refractivity contribution in [2.24, 2.45) is 7.05 Å². The van der Waals surface area contributed by atoms with E-state index in [0.29, 0.717) is 0 Å². The molecule has 0 spiro atoms. The normalized spacial score (nSPS) is 12.9. The first kappa shape index (κ1) is 22.0. The maximum atomic E-state index is 12.8. The number of rotatable bonds is 3. The highest BCUT2D eigenvalue weighted by atomic mass is 35.5. The highest BCUT2D eigenvalue weighted by Crippen LogP contribution is 2.35. The number of halogens is 4. The first-order valence-corrected chi connectivity index (χ1v) is 9.40. The van der Waals surface area contributed by atoms with Crippen LogP contribution in [0.1, 0.15) is 31.1 Å². The molecule has 0 amide bonds. The molecule has 0 saturated carbocycles. The molecule has 1 aromatic carbocycles. The van der Waals surface area contributed by atoms with E-state index in [1.807, 2.05) is 0 Å². The molecule has 0 bridgehead atoms. The molecule has 2 rings (SSSR count). The van der Waals surface area contributed by atoms with Crippen molar-refractivity contribution in [1.29, 1.82) is 0 Å². The molecule has 0 unspecified atom stereocenters. The van der Waals surface area contributed by atoms with Crippen LogP contribution in [0.5, 0.6) is 5.75 Å². The molecule has 28 heavy (non-hydrogen) atoms. The van der Waals surface area contributed by atoms with Crippen molar-refractivity contribution in [3.63, 3.8) is 0 Å². The van der Waals surface area contributed by atoms with Gasteiger partial charge in [0.25, 0.3) is 5.56 Å². The lowest BCUT2D eigenvalue weighted by atomic mass is 10.1. The number of nitrogens with zero attached hydrogens (tertiary/aromatic N) is 1. The average molecular weight is 442 g/mol. The van der Waals surface area contributed by atoms with Crippen LogP contribution in [0.15, 0.2) is 23.0 Å². The van der Waals surface area contributed by atoms with Crippen molar-refractivity contribution < 1.29 is 35.3 Å². The van der Waals surface area contributed by atoms with Crippen molar-refractivity contribution in [3.05, 3.63) is 39.1 Å². The summed E-state index contributed by atoms with van der Waals surface area (Å²) in [5, 5.41) is -0.279. The zero-order valence-electron chi connectivity index (χ0n) is 15.0. The van der Waals surface area contributed by atoms with Gasteiger partial charge in [-0.15, -0.1) is 0 Å². The van der Waals surface area contributed by atoms with Crippen LogP contribution in [0.3, 0.4) is 0 Å². The molecule has 0 aliphatic carbocycles. The van der Waals surface area contributed by atoms with E-state index in [1.54, 1.807) is 0 Å². The number of benzene rings is 1. The number of alkyl halides is 3. The van der Waals surface area contributed by atoms with Crippen LogP contribution in [0.2, 0.25) is 5.02 Å². The van der Waals surface area contributed by atoms with Crippen molar-refractivity contribution in [2.75, 3.05) is 0 Å². The average Bonchev–Trinajstić information content (AvgIpc) is 2.49. The van der Waals surface area contributed by atoms with Crippen molar-refractivity contribution in [2.45, 2.75) is 31.9 Å². The molecular formula is C16H15ClF3NO6S. The summed E-state index contributed by atoms with van der Waals surface area (Å²) in [6.07, 6.45) is 0. The lowest BCUT2D eigenvalue weighted by Crippen LogP contribution is -2.34. The highest BCUT2D eigenvalue weighted by Gasteiger charge is 2.49. The summed E-state index contributed by atoms with van der Waals surface area (Å²) in [6.45, 7) is 4.38. The Balaban J connectivity index is 2.93. The molecule has 0 saturated heterocycles. The lowest BCUT2D eigenvalue weighted by molar-refractivity contribution is -0.0500. The van der Waals surface area contributed by atoms with E-state index >= 15 is 0 Å². The molecule has 0 aliphatic heterocycles. The molecule has 1 heterocycles. The van der Waals surface area contributed by atoms with Gasteiger partial charge in [-0.25, -0.2) is 4.79 Å². The van der Waals surface area contributed by atoms with Crippen molar-refractivity contribution in [1.82, 2.24) is 4.57 Å². The molecule has 2 aromatic rings. The molecule has 0 radical (unpaired) electrons. The molecule has 0 fully saturated rings. The van der Waals surface area contributed by atoms with Gasteiger partial charge in [0.1, 0.15) is 5.60 Å². The summed E-state index contributed by atoms with van der Waals surface area (Å²) >= 11 is 5.85. The fraction of sp³-hybridized carbons (Fsp3) is 0.375. The topological polar surface area (TPSA) is 91.7 Å². The smallest absolute Gasteiger partial charge is 0.456 e. The Bertz CT molecular complexity index is 1120. The van der Waals surface area contributed by atoms with Crippen LogP contribution >= 0.6 is 11.6 Å². The van der Waals surface area contributed by atoms with Crippen LogP contribution in [0.4, 0.5) is 13.2 Å². The minimum atomic E-state index is -6.18. The second-order valence-corrected chi connectivity index (χ2v) is 8.69. The Morgan fingerprint density at radius 2 is 1.75 bits per heavy atom. The summed E-state index contributed by atoms with van der Waals surface area (Å²) in [5.74, 6) is -2.45. The fourth-order valence-corrected chi connectivity index (χ4v) is 2.90. The first-order chi connectivity index (χ1) is 12.5. The number of aryl methyl sites for hydroxylation is 1. The zero-order valence-corrected chi connectivity index (χ0v) is 16.6. The Labute approximate surface area is 162 Å². The quantitative estimate of drug-likeness (QED) is 0.412. The third-order valence-corrected chi connectivity index (χ3v) is 4.58. The number of hydrogen-bond acceptors (Lipinski definition) is 6. The zero-order chi connectivity index (χ0) is 21.7. The van der Waals surface area contributed by atoms with Crippen molar-refractivity contribution in [3.8, 4) is 5.75 Å². The molecule has 12 heteroatoms. The fourth-order valence-electron chi connectivity index (χ4n) is 2.24. The number of hydrogen-bond donors (Lipinski definition) is 0. The van der Waals surface area contributed by atoms with Gasteiger partial charge in [-0.05, 0) is 39.0 Å². The number of carbonyl (C=O) groups excluding carboxylic acids is 1. The van der Waals surface area contributed by atoms with Gasteiger partial charge in [-0.2, -0.15) is 21.6 Å². The summed E-state index contributed by atoms with van der Waals surface area (Å²) in [6, 6.07) is 3.68. The van der Waals surface area contributed by atoms with Gasteiger partial charge < -0.3 is 13.5 Å². The minimum absolute atomic E-state index is 0.00548. The van der Waals surface area contributed by atoms with Gasteiger partial charge >= 0.3 is 21.6 Å². The second kappa shape index (κ2) is 6.96. The van der Waals surface area contributed by atoms with Gasteiger partial charge in [0.15, 0.2) is 11.3 Å². The van der Waals surface area contributed by atoms with Gasteiger partial charge in [-0.1, -0.05) is 11.6 Å². The lowest BCUT2D eigenvalue weighted by Gasteiger charge is -2.21. The van der Waals surface area contributed by atoms with E-state index in [-0.39, 0.29) is 15.9 Å². The van der Waals surface area contributed by atoms with Crippen LogP contribution in [-0.2, 0) is 21.9 Å². The number of pyridine rings is 1. The van der Waals surface area contributed by atoms with E-state index in [0.717, 1.165) is 10.6 Å². The van der Waals surface area contributed by atoms with Crippen LogP contribution < -0.4 is 9.74 Å². The SMILES string of the molecule is Cn1c(=O)c(C(=O)OC(C)(C)C)c(OS(=O)(=O)C(F)(F)F)c2cc(Cl)ccc21. The van der Waals surface area contributed by atoms with E-state index in [2.05, 4.69) is 4.18 Å². The largest absolute Gasteiger partial charge is 0.534 e. The summed E-state index contributed by atoms with van der Waals surface area (Å²) in [4.78, 5) is 25.1. The number of esters is 1. The van der Waals surface area contributed by atoms with E-state index in [1.165, 1.54) is 40.0 Å². The van der Waals surface area contributed by atoms with Gasteiger partial charge in [-0.3, -0.25) is 4.79 Å². The summed E-state index contributed by atoms with van der Waals surface area (Å²) in [7, 11) is -4.94. The number of fused-ring (bicyclic) bond motifs is 1. The summed E-state index contributed by atoms with van der Waals surface area (Å²) in [5.41, 5.74) is -9.01. The van der Waals surface area contributed by atoms with E-state index in [4.69, 9.17) is 16.3 Å².